The zero-order valence-corrected chi connectivity index (χ0v) is 13.6. The molecule has 0 spiro atoms. The van der Waals surface area contributed by atoms with E-state index in [2.05, 4.69) is 28.6 Å². The van der Waals surface area contributed by atoms with Crippen molar-refractivity contribution in [3.05, 3.63) is 23.8 Å². The zero-order valence-electron chi connectivity index (χ0n) is 13.6. The normalized spacial score (nSPS) is 19.9. The van der Waals surface area contributed by atoms with Crippen molar-refractivity contribution in [2.45, 2.75) is 32.3 Å². The van der Waals surface area contributed by atoms with Crippen molar-refractivity contribution in [2.24, 2.45) is 4.99 Å². The molecule has 2 heterocycles. The fourth-order valence-corrected chi connectivity index (χ4v) is 2.74. The SMILES string of the molecule is CCNC(=NCC1CCCO1)NCCc1ccc2c(c1)OCO2. The van der Waals surface area contributed by atoms with Crippen LogP contribution < -0.4 is 20.1 Å². The van der Waals surface area contributed by atoms with E-state index in [-0.39, 0.29) is 6.10 Å². The van der Waals surface area contributed by atoms with E-state index in [0.717, 1.165) is 63.0 Å². The van der Waals surface area contributed by atoms with Gasteiger partial charge < -0.3 is 24.8 Å². The average molecular weight is 319 g/mol. The van der Waals surface area contributed by atoms with Crippen molar-refractivity contribution in [2.75, 3.05) is 33.0 Å². The first kappa shape index (κ1) is 15.9. The van der Waals surface area contributed by atoms with E-state index in [4.69, 9.17) is 14.2 Å². The Morgan fingerprint density at radius 3 is 3.00 bits per heavy atom. The molecule has 2 N–H and O–H groups in total. The fraction of sp³-hybridized carbons (Fsp3) is 0.588. The summed E-state index contributed by atoms with van der Waals surface area (Å²) in [5.74, 6) is 2.51. The minimum atomic E-state index is 0.277. The second-order valence-electron chi connectivity index (χ2n) is 5.72. The van der Waals surface area contributed by atoms with Crippen molar-refractivity contribution in [3.63, 3.8) is 0 Å². The molecule has 0 aromatic heterocycles. The van der Waals surface area contributed by atoms with Gasteiger partial charge in [-0.3, -0.25) is 4.99 Å². The highest BCUT2D eigenvalue weighted by atomic mass is 16.7. The molecular formula is C17H25N3O3. The number of fused-ring (bicyclic) bond motifs is 1. The largest absolute Gasteiger partial charge is 0.454 e. The first-order chi connectivity index (χ1) is 11.3. The summed E-state index contributed by atoms with van der Waals surface area (Å²) in [5, 5.41) is 6.65. The molecule has 1 atom stereocenters. The molecule has 23 heavy (non-hydrogen) atoms. The van der Waals surface area contributed by atoms with Gasteiger partial charge in [-0.1, -0.05) is 6.07 Å². The molecule has 1 unspecified atom stereocenters. The minimum absolute atomic E-state index is 0.277. The van der Waals surface area contributed by atoms with Crippen LogP contribution >= 0.6 is 0 Å². The van der Waals surface area contributed by atoms with E-state index in [1.54, 1.807) is 0 Å². The van der Waals surface area contributed by atoms with Crippen molar-refractivity contribution in [3.8, 4) is 11.5 Å². The van der Waals surface area contributed by atoms with Crippen molar-refractivity contribution in [1.82, 2.24) is 10.6 Å². The lowest BCUT2D eigenvalue weighted by Crippen LogP contribution is -2.38. The maximum atomic E-state index is 5.61. The second kappa shape index (κ2) is 8.06. The molecule has 1 aromatic carbocycles. The van der Waals surface area contributed by atoms with E-state index < -0.39 is 0 Å². The highest BCUT2D eigenvalue weighted by Crippen LogP contribution is 2.32. The third-order valence-electron chi connectivity index (χ3n) is 3.96. The van der Waals surface area contributed by atoms with Gasteiger partial charge >= 0.3 is 0 Å². The monoisotopic (exact) mass is 319 g/mol. The number of rotatable bonds is 6. The van der Waals surface area contributed by atoms with Crippen LogP contribution in [0, 0.1) is 0 Å². The predicted molar refractivity (Wildman–Crippen MR) is 89.2 cm³/mol. The summed E-state index contributed by atoms with van der Waals surface area (Å²) in [6.07, 6.45) is 3.44. The van der Waals surface area contributed by atoms with Gasteiger partial charge in [-0.15, -0.1) is 0 Å². The molecule has 2 aliphatic heterocycles. The van der Waals surface area contributed by atoms with Crippen LogP contribution in [0.3, 0.4) is 0 Å². The number of guanidine groups is 1. The molecule has 0 bridgehead atoms. The van der Waals surface area contributed by atoms with Crippen LogP contribution in [0.1, 0.15) is 25.3 Å². The second-order valence-corrected chi connectivity index (χ2v) is 5.72. The van der Waals surface area contributed by atoms with Crippen LogP contribution in [0.2, 0.25) is 0 Å². The van der Waals surface area contributed by atoms with Gasteiger partial charge in [-0.25, -0.2) is 0 Å². The van der Waals surface area contributed by atoms with Crippen molar-refractivity contribution < 1.29 is 14.2 Å². The van der Waals surface area contributed by atoms with Gasteiger partial charge in [0.1, 0.15) is 0 Å². The van der Waals surface area contributed by atoms with Crippen LogP contribution in [0.5, 0.6) is 11.5 Å². The molecule has 126 valence electrons. The molecule has 6 heteroatoms. The topological polar surface area (TPSA) is 64.1 Å². The third-order valence-corrected chi connectivity index (χ3v) is 3.96. The Labute approximate surface area is 137 Å². The number of hydrogen-bond donors (Lipinski definition) is 2. The van der Waals surface area contributed by atoms with Gasteiger partial charge in [0.15, 0.2) is 17.5 Å². The Bertz CT molecular complexity index is 542. The number of benzene rings is 1. The molecule has 6 nitrogen and oxygen atoms in total. The van der Waals surface area contributed by atoms with E-state index in [9.17, 15) is 0 Å². The van der Waals surface area contributed by atoms with Crippen molar-refractivity contribution >= 4 is 5.96 Å². The molecule has 0 amide bonds. The van der Waals surface area contributed by atoms with Crippen molar-refractivity contribution in [1.29, 1.82) is 0 Å². The summed E-state index contributed by atoms with van der Waals surface area (Å²) >= 11 is 0. The summed E-state index contributed by atoms with van der Waals surface area (Å²) in [6, 6.07) is 6.08. The van der Waals surface area contributed by atoms with E-state index >= 15 is 0 Å². The maximum Gasteiger partial charge on any atom is 0.231 e. The Morgan fingerprint density at radius 1 is 1.26 bits per heavy atom. The summed E-state index contributed by atoms with van der Waals surface area (Å²) in [6.45, 7) is 5.64. The number of hydrogen-bond acceptors (Lipinski definition) is 4. The molecule has 1 aromatic rings. The molecule has 0 radical (unpaired) electrons. The van der Waals surface area contributed by atoms with Gasteiger partial charge in [-0.05, 0) is 43.9 Å². The maximum absolute atomic E-state index is 5.61. The highest BCUT2D eigenvalue weighted by molar-refractivity contribution is 5.79. The lowest BCUT2D eigenvalue weighted by Gasteiger charge is -2.13. The summed E-state index contributed by atoms with van der Waals surface area (Å²) in [5.41, 5.74) is 1.22. The first-order valence-corrected chi connectivity index (χ1v) is 8.37. The number of nitrogens with one attached hydrogen (secondary N) is 2. The Kier molecular flexibility index (Phi) is 5.58. The van der Waals surface area contributed by atoms with Crippen LogP contribution in [0.4, 0.5) is 0 Å². The minimum Gasteiger partial charge on any atom is -0.454 e. The zero-order chi connectivity index (χ0) is 15.9. The Hall–Kier alpha value is -1.95. The molecule has 1 saturated heterocycles. The van der Waals surface area contributed by atoms with Gasteiger partial charge in [0.25, 0.3) is 0 Å². The predicted octanol–water partition coefficient (Wildman–Crippen LogP) is 1.69. The summed E-state index contributed by atoms with van der Waals surface area (Å²) in [4.78, 5) is 4.61. The average Bonchev–Trinajstić information content (AvgIpc) is 3.23. The standard InChI is InChI=1S/C17H25N3O3/c1-2-18-17(20-11-14-4-3-9-21-14)19-8-7-13-5-6-15-16(10-13)23-12-22-15/h5-6,10,14H,2-4,7-9,11-12H2,1H3,(H2,18,19,20). The Balaban J connectivity index is 1.47. The Morgan fingerprint density at radius 2 is 2.17 bits per heavy atom. The molecule has 0 aliphatic carbocycles. The first-order valence-electron chi connectivity index (χ1n) is 8.37. The summed E-state index contributed by atoms with van der Waals surface area (Å²) < 4.78 is 16.3. The smallest absolute Gasteiger partial charge is 0.231 e. The fourth-order valence-electron chi connectivity index (χ4n) is 2.74. The van der Waals surface area contributed by atoms with E-state index in [1.807, 2.05) is 12.1 Å². The quantitative estimate of drug-likeness (QED) is 0.617. The highest BCUT2D eigenvalue weighted by Gasteiger charge is 2.15. The van der Waals surface area contributed by atoms with Crippen LogP contribution in [-0.2, 0) is 11.2 Å². The molecule has 3 rings (SSSR count). The van der Waals surface area contributed by atoms with E-state index in [1.165, 1.54) is 5.56 Å². The van der Waals surface area contributed by atoms with Crippen LogP contribution in [-0.4, -0.2) is 45.1 Å². The molecule has 1 fully saturated rings. The molecule has 2 aliphatic rings. The number of aliphatic imine (C=N–C) groups is 1. The van der Waals surface area contributed by atoms with Gasteiger partial charge in [0, 0.05) is 19.7 Å². The van der Waals surface area contributed by atoms with Crippen LogP contribution in [0.25, 0.3) is 0 Å². The lowest BCUT2D eigenvalue weighted by molar-refractivity contribution is 0.117. The van der Waals surface area contributed by atoms with Crippen LogP contribution in [0.15, 0.2) is 23.2 Å². The van der Waals surface area contributed by atoms with E-state index in [0.29, 0.717) is 6.79 Å². The molecule has 0 saturated carbocycles. The number of ether oxygens (including phenoxy) is 3. The lowest BCUT2D eigenvalue weighted by atomic mass is 10.1. The summed E-state index contributed by atoms with van der Waals surface area (Å²) in [7, 11) is 0. The van der Waals surface area contributed by atoms with Gasteiger partial charge in [0.05, 0.1) is 12.6 Å². The van der Waals surface area contributed by atoms with Gasteiger partial charge in [0.2, 0.25) is 6.79 Å². The molecular weight excluding hydrogens is 294 g/mol. The van der Waals surface area contributed by atoms with Gasteiger partial charge in [-0.2, -0.15) is 0 Å². The number of nitrogens with zero attached hydrogens (tertiary/aromatic N) is 1. The third kappa shape index (κ3) is 4.51.